The van der Waals surface area contributed by atoms with Gasteiger partial charge in [-0.1, -0.05) is 24.3 Å². The van der Waals surface area contributed by atoms with Gasteiger partial charge in [0, 0.05) is 6.54 Å². The number of ether oxygens (including phenoxy) is 1. The molecule has 0 aliphatic carbocycles. The van der Waals surface area contributed by atoms with Gasteiger partial charge in [-0.25, -0.2) is 13.1 Å². The zero-order chi connectivity index (χ0) is 15.3. The molecule has 0 bridgehead atoms. The van der Waals surface area contributed by atoms with Crippen LogP contribution in [0, 0.1) is 6.92 Å². The van der Waals surface area contributed by atoms with Crippen molar-refractivity contribution >= 4 is 10.0 Å². The third kappa shape index (κ3) is 4.06. The number of nitrogens with one attached hydrogen (secondary N) is 1. The third-order valence-corrected chi connectivity index (χ3v) is 4.79. The van der Waals surface area contributed by atoms with Crippen LogP contribution in [0.25, 0.3) is 0 Å². The Balaban J connectivity index is 1.99. The summed E-state index contributed by atoms with van der Waals surface area (Å²) >= 11 is 0. The molecule has 0 aromatic heterocycles. The standard InChI is InChI=1S/C16H19NO3S/c1-13-5-3-4-6-14(13)11-12-17-21(18,19)16-9-7-15(20-2)8-10-16/h3-10,17H,11-12H2,1-2H3. The summed E-state index contributed by atoms with van der Waals surface area (Å²) in [7, 11) is -1.93. The van der Waals surface area contributed by atoms with Gasteiger partial charge in [-0.05, 0) is 48.7 Å². The molecule has 112 valence electrons. The summed E-state index contributed by atoms with van der Waals surface area (Å²) in [5, 5.41) is 0. The zero-order valence-corrected chi connectivity index (χ0v) is 13.0. The Morgan fingerprint density at radius 2 is 1.71 bits per heavy atom. The van der Waals surface area contributed by atoms with E-state index in [1.807, 2.05) is 31.2 Å². The lowest BCUT2D eigenvalue weighted by atomic mass is 10.1. The highest BCUT2D eigenvalue weighted by atomic mass is 32.2. The molecular weight excluding hydrogens is 286 g/mol. The van der Waals surface area contributed by atoms with Crippen molar-refractivity contribution in [1.29, 1.82) is 0 Å². The maximum Gasteiger partial charge on any atom is 0.240 e. The van der Waals surface area contributed by atoms with Gasteiger partial charge in [-0.15, -0.1) is 0 Å². The van der Waals surface area contributed by atoms with Gasteiger partial charge in [0.05, 0.1) is 12.0 Å². The quantitative estimate of drug-likeness (QED) is 0.892. The Kier molecular flexibility index (Phi) is 4.98. The maximum atomic E-state index is 12.2. The fourth-order valence-electron chi connectivity index (χ4n) is 2.05. The number of rotatable bonds is 6. The van der Waals surface area contributed by atoms with Gasteiger partial charge in [0.2, 0.25) is 10.0 Å². The number of aryl methyl sites for hydroxylation is 1. The molecule has 0 saturated carbocycles. The normalized spacial score (nSPS) is 11.3. The molecule has 5 heteroatoms. The van der Waals surface area contributed by atoms with Gasteiger partial charge >= 0.3 is 0 Å². The van der Waals surface area contributed by atoms with Crippen molar-refractivity contribution in [3.05, 3.63) is 59.7 Å². The summed E-state index contributed by atoms with van der Waals surface area (Å²) < 4.78 is 31.9. The highest BCUT2D eigenvalue weighted by Crippen LogP contribution is 2.15. The minimum atomic E-state index is -3.47. The van der Waals surface area contributed by atoms with Crippen molar-refractivity contribution in [2.75, 3.05) is 13.7 Å². The van der Waals surface area contributed by atoms with E-state index in [0.717, 1.165) is 5.56 Å². The van der Waals surface area contributed by atoms with Gasteiger partial charge < -0.3 is 4.74 Å². The van der Waals surface area contributed by atoms with Crippen LogP contribution in [0.15, 0.2) is 53.4 Å². The lowest BCUT2D eigenvalue weighted by Gasteiger charge is -2.09. The van der Waals surface area contributed by atoms with Crippen molar-refractivity contribution in [2.45, 2.75) is 18.2 Å². The Hall–Kier alpha value is -1.85. The van der Waals surface area contributed by atoms with Gasteiger partial charge in [0.15, 0.2) is 0 Å². The second-order valence-corrected chi connectivity index (χ2v) is 6.52. The van der Waals surface area contributed by atoms with Crippen molar-refractivity contribution in [1.82, 2.24) is 4.72 Å². The molecule has 21 heavy (non-hydrogen) atoms. The first-order valence-electron chi connectivity index (χ1n) is 6.71. The molecule has 4 nitrogen and oxygen atoms in total. The summed E-state index contributed by atoms with van der Waals surface area (Å²) in [6.07, 6.45) is 0.669. The number of benzene rings is 2. The van der Waals surface area contributed by atoms with Crippen LogP contribution in [0.1, 0.15) is 11.1 Å². The molecule has 0 heterocycles. The van der Waals surface area contributed by atoms with Crippen LogP contribution in [-0.2, 0) is 16.4 Å². The van der Waals surface area contributed by atoms with Crippen LogP contribution in [0.4, 0.5) is 0 Å². The van der Waals surface area contributed by atoms with Crippen LogP contribution in [0.3, 0.4) is 0 Å². The molecule has 0 aliphatic heterocycles. The molecule has 1 N–H and O–H groups in total. The predicted molar refractivity (Wildman–Crippen MR) is 83.1 cm³/mol. The highest BCUT2D eigenvalue weighted by Gasteiger charge is 2.13. The van der Waals surface area contributed by atoms with Gasteiger partial charge in [-0.2, -0.15) is 0 Å². The van der Waals surface area contributed by atoms with Gasteiger partial charge in [0.25, 0.3) is 0 Å². The second kappa shape index (κ2) is 6.74. The van der Waals surface area contributed by atoms with E-state index in [-0.39, 0.29) is 4.90 Å². The first-order valence-corrected chi connectivity index (χ1v) is 8.19. The van der Waals surface area contributed by atoms with Crippen LogP contribution >= 0.6 is 0 Å². The van der Waals surface area contributed by atoms with Crippen LogP contribution in [-0.4, -0.2) is 22.1 Å². The maximum absolute atomic E-state index is 12.2. The molecule has 0 unspecified atom stereocenters. The van der Waals surface area contributed by atoms with E-state index >= 15 is 0 Å². The van der Waals surface area contributed by atoms with Crippen molar-refractivity contribution in [3.63, 3.8) is 0 Å². The fraction of sp³-hybridized carbons (Fsp3) is 0.250. The molecule has 0 aliphatic rings. The number of hydrogen-bond donors (Lipinski definition) is 1. The molecule has 0 atom stereocenters. The van der Waals surface area contributed by atoms with E-state index in [1.54, 1.807) is 19.2 Å². The average Bonchev–Trinajstić information content (AvgIpc) is 2.49. The number of hydrogen-bond acceptors (Lipinski definition) is 3. The number of methoxy groups -OCH3 is 1. The average molecular weight is 305 g/mol. The Labute approximate surface area is 125 Å². The summed E-state index contributed by atoms with van der Waals surface area (Å²) in [6, 6.07) is 14.3. The van der Waals surface area contributed by atoms with E-state index in [0.29, 0.717) is 18.7 Å². The van der Waals surface area contributed by atoms with Crippen molar-refractivity contribution in [2.24, 2.45) is 0 Å². The Morgan fingerprint density at radius 1 is 1.05 bits per heavy atom. The molecular formula is C16H19NO3S. The van der Waals surface area contributed by atoms with Gasteiger partial charge in [0.1, 0.15) is 5.75 Å². The molecule has 2 rings (SSSR count). The fourth-order valence-corrected chi connectivity index (χ4v) is 3.08. The molecule has 0 amide bonds. The van der Waals surface area contributed by atoms with E-state index in [2.05, 4.69) is 4.72 Å². The smallest absolute Gasteiger partial charge is 0.240 e. The lowest BCUT2D eigenvalue weighted by molar-refractivity contribution is 0.414. The highest BCUT2D eigenvalue weighted by molar-refractivity contribution is 7.89. The topological polar surface area (TPSA) is 55.4 Å². The van der Waals surface area contributed by atoms with Crippen molar-refractivity contribution < 1.29 is 13.2 Å². The second-order valence-electron chi connectivity index (χ2n) is 4.75. The van der Waals surface area contributed by atoms with Gasteiger partial charge in [-0.3, -0.25) is 0 Å². The summed E-state index contributed by atoms with van der Waals surface area (Å²) in [5.74, 6) is 0.633. The molecule has 2 aromatic rings. The third-order valence-electron chi connectivity index (χ3n) is 3.32. The SMILES string of the molecule is COc1ccc(S(=O)(=O)NCCc2ccccc2C)cc1. The summed E-state index contributed by atoms with van der Waals surface area (Å²) in [5.41, 5.74) is 2.32. The van der Waals surface area contributed by atoms with E-state index in [4.69, 9.17) is 4.74 Å². The van der Waals surface area contributed by atoms with Crippen LogP contribution in [0.5, 0.6) is 5.75 Å². The minimum Gasteiger partial charge on any atom is -0.497 e. The summed E-state index contributed by atoms with van der Waals surface area (Å²) in [6.45, 7) is 2.40. The summed E-state index contributed by atoms with van der Waals surface area (Å²) in [4.78, 5) is 0.244. The first kappa shape index (κ1) is 15.5. The number of sulfonamides is 1. The van der Waals surface area contributed by atoms with Crippen LogP contribution < -0.4 is 9.46 Å². The predicted octanol–water partition coefficient (Wildman–Crippen LogP) is 2.52. The lowest BCUT2D eigenvalue weighted by Crippen LogP contribution is -2.26. The molecule has 0 saturated heterocycles. The van der Waals surface area contributed by atoms with E-state index in [9.17, 15) is 8.42 Å². The zero-order valence-electron chi connectivity index (χ0n) is 12.2. The van der Waals surface area contributed by atoms with Crippen LogP contribution in [0.2, 0.25) is 0 Å². The molecule has 0 fully saturated rings. The monoisotopic (exact) mass is 305 g/mol. The molecule has 2 aromatic carbocycles. The molecule has 0 radical (unpaired) electrons. The van der Waals surface area contributed by atoms with E-state index in [1.165, 1.54) is 17.7 Å². The Bertz CT molecular complexity index is 694. The first-order chi connectivity index (χ1) is 10.0. The van der Waals surface area contributed by atoms with E-state index < -0.39 is 10.0 Å². The Morgan fingerprint density at radius 3 is 2.33 bits per heavy atom. The van der Waals surface area contributed by atoms with Crippen molar-refractivity contribution in [3.8, 4) is 5.75 Å². The minimum absolute atomic E-state index is 0.244. The molecule has 0 spiro atoms. The largest absolute Gasteiger partial charge is 0.497 e.